The average molecular weight is 675 g/mol. The van der Waals surface area contributed by atoms with Crippen LogP contribution in [0.15, 0.2) is 211 Å². The summed E-state index contributed by atoms with van der Waals surface area (Å²) in [6.07, 6.45) is 20.5. The molecule has 2 N–H and O–H groups in total. The molecule has 52 heavy (non-hydrogen) atoms. The fourth-order valence-corrected chi connectivity index (χ4v) is 6.56. The molecule has 256 valence electrons. The Labute approximate surface area is 309 Å². The molecular weight excluding hydrogens is 629 g/mol. The van der Waals surface area contributed by atoms with Gasteiger partial charge in [-0.25, -0.2) is 0 Å². The standard InChI is InChI=1S/C50H46N2/c1-4-6-10-20-37(3)49(52-50(51)41-25-15-9-16-26-41)47-32-19-30-45(35-47)43-28-17-27-42(33-43)44-29-18-31-46(34-44)48(40-23-13-8-14-24-40)36-38(5-2)39-21-11-7-12-22-39/h4-15,17-25,27-36,49H,1,16,26H2,2-3H3,(H2,51,52)/b10-6-,37-20+,38-5+,48-36-. The summed E-state index contributed by atoms with van der Waals surface area (Å²) in [5.74, 6) is 0.594. The van der Waals surface area contributed by atoms with Gasteiger partial charge < -0.3 is 5.73 Å². The minimum atomic E-state index is -0.220. The Morgan fingerprint density at radius 3 is 1.98 bits per heavy atom. The molecule has 0 amide bonds. The van der Waals surface area contributed by atoms with Crippen molar-refractivity contribution in [3.63, 3.8) is 0 Å². The molecular formula is C50H46N2. The maximum Gasteiger partial charge on any atom is 0.122 e. The highest BCUT2D eigenvalue weighted by Crippen LogP contribution is 2.34. The summed E-state index contributed by atoms with van der Waals surface area (Å²) in [7, 11) is 0. The van der Waals surface area contributed by atoms with Crippen LogP contribution in [0.25, 0.3) is 33.4 Å². The second-order valence-corrected chi connectivity index (χ2v) is 12.9. The van der Waals surface area contributed by atoms with Crippen LogP contribution in [0.1, 0.15) is 55.0 Å². The number of amidine groups is 1. The Balaban J connectivity index is 1.37. The molecule has 1 aliphatic carbocycles. The summed E-state index contributed by atoms with van der Waals surface area (Å²) in [5, 5.41) is 0. The molecule has 0 saturated carbocycles. The van der Waals surface area contributed by atoms with E-state index in [0.29, 0.717) is 5.84 Å². The first-order valence-corrected chi connectivity index (χ1v) is 18.0. The Hall–Kier alpha value is -6.25. The molecule has 0 aliphatic heterocycles. The highest BCUT2D eigenvalue weighted by atomic mass is 14.9. The van der Waals surface area contributed by atoms with E-state index in [-0.39, 0.29) is 6.04 Å². The highest BCUT2D eigenvalue weighted by molar-refractivity contribution is 5.97. The number of allylic oxidation sites excluding steroid dienone is 10. The van der Waals surface area contributed by atoms with Gasteiger partial charge in [-0.05, 0) is 118 Å². The summed E-state index contributed by atoms with van der Waals surface area (Å²) in [6.45, 7) is 8.03. The second-order valence-electron chi connectivity index (χ2n) is 12.9. The van der Waals surface area contributed by atoms with E-state index in [1.807, 2.05) is 12.2 Å². The summed E-state index contributed by atoms with van der Waals surface area (Å²) in [6, 6.07) is 47.4. The molecule has 0 fully saturated rings. The summed E-state index contributed by atoms with van der Waals surface area (Å²) in [4.78, 5) is 5.10. The van der Waals surface area contributed by atoms with Crippen LogP contribution in [0, 0.1) is 0 Å². The highest BCUT2D eigenvalue weighted by Gasteiger charge is 2.16. The summed E-state index contributed by atoms with van der Waals surface area (Å²) in [5.41, 5.74) is 20.4. The third-order valence-electron chi connectivity index (χ3n) is 9.36. The van der Waals surface area contributed by atoms with Gasteiger partial charge in [-0.15, -0.1) is 0 Å². The Kier molecular flexibility index (Phi) is 12.0. The van der Waals surface area contributed by atoms with Crippen molar-refractivity contribution in [2.75, 3.05) is 0 Å². The molecule has 6 rings (SSSR count). The van der Waals surface area contributed by atoms with Gasteiger partial charge in [0.25, 0.3) is 0 Å². The lowest BCUT2D eigenvalue weighted by atomic mass is 9.91. The third-order valence-corrected chi connectivity index (χ3v) is 9.36. The number of benzene rings is 5. The molecule has 2 nitrogen and oxygen atoms in total. The predicted molar refractivity (Wildman–Crippen MR) is 225 cm³/mol. The van der Waals surface area contributed by atoms with Gasteiger partial charge in [-0.1, -0.05) is 170 Å². The average Bonchev–Trinajstić information content (AvgIpc) is 3.21. The van der Waals surface area contributed by atoms with Crippen molar-refractivity contribution in [1.29, 1.82) is 0 Å². The third kappa shape index (κ3) is 8.91. The van der Waals surface area contributed by atoms with Crippen molar-refractivity contribution in [3.05, 3.63) is 228 Å². The Morgan fingerprint density at radius 1 is 0.712 bits per heavy atom. The molecule has 5 aromatic rings. The molecule has 1 aliphatic rings. The maximum absolute atomic E-state index is 6.63. The number of hydrogen-bond donors (Lipinski definition) is 1. The SMILES string of the molecule is C=C/C=C\C=C(/C)C(N=C(N)C1=CC=CCC1)c1cccc(-c2cccc(-c3cccc(/C(=C\C(=C/C)c4ccccc4)c4ccccc4)c3)c2)c1. The number of nitrogens with two attached hydrogens (primary N) is 1. The van der Waals surface area contributed by atoms with E-state index < -0.39 is 0 Å². The summed E-state index contributed by atoms with van der Waals surface area (Å²) >= 11 is 0. The molecule has 0 radical (unpaired) electrons. The minimum absolute atomic E-state index is 0.220. The molecule has 0 bridgehead atoms. The quantitative estimate of drug-likeness (QED) is 0.0798. The molecule has 0 saturated heterocycles. The number of nitrogens with zero attached hydrogens (tertiary/aromatic N) is 1. The molecule has 1 unspecified atom stereocenters. The van der Waals surface area contributed by atoms with Crippen LogP contribution in [-0.2, 0) is 0 Å². The Morgan fingerprint density at radius 2 is 1.33 bits per heavy atom. The van der Waals surface area contributed by atoms with E-state index in [4.69, 9.17) is 10.7 Å². The molecule has 5 aromatic carbocycles. The van der Waals surface area contributed by atoms with Gasteiger partial charge in [0, 0.05) is 0 Å². The monoisotopic (exact) mass is 674 g/mol. The van der Waals surface area contributed by atoms with Crippen LogP contribution in [0.4, 0.5) is 0 Å². The maximum atomic E-state index is 6.63. The van der Waals surface area contributed by atoms with E-state index in [2.05, 4.69) is 190 Å². The molecule has 0 aromatic heterocycles. The van der Waals surface area contributed by atoms with Crippen LogP contribution >= 0.6 is 0 Å². The number of aliphatic imine (C=N–C) groups is 1. The van der Waals surface area contributed by atoms with E-state index in [1.54, 1.807) is 6.08 Å². The van der Waals surface area contributed by atoms with Gasteiger partial charge in [0.15, 0.2) is 0 Å². The van der Waals surface area contributed by atoms with E-state index >= 15 is 0 Å². The van der Waals surface area contributed by atoms with Gasteiger partial charge in [0.1, 0.15) is 5.84 Å². The van der Waals surface area contributed by atoms with Crippen molar-refractivity contribution in [3.8, 4) is 22.3 Å². The van der Waals surface area contributed by atoms with Gasteiger partial charge >= 0.3 is 0 Å². The first-order chi connectivity index (χ1) is 25.5. The van der Waals surface area contributed by atoms with Crippen molar-refractivity contribution in [1.82, 2.24) is 0 Å². The van der Waals surface area contributed by atoms with E-state index in [0.717, 1.165) is 51.8 Å². The van der Waals surface area contributed by atoms with Gasteiger partial charge in [0.2, 0.25) is 0 Å². The molecule has 0 heterocycles. The zero-order valence-electron chi connectivity index (χ0n) is 30.1. The number of hydrogen-bond acceptors (Lipinski definition) is 1. The van der Waals surface area contributed by atoms with Crippen molar-refractivity contribution in [2.45, 2.75) is 32.7 Å². The zero-order valence-corrected chi connectivity index (χ0v) is 30.1. The lowest BCUT2D eigenvalue weighted by Crippen LogP contribution is -2.18. The van der Waals surface area contributed by atoms with Gasteiger partial charge in [0.05, 0.1) is 6.04 Å². The van der Waals surface area contributed by atoms with Gasteiger partial charge in [-0.3, -0.25) is 4.99 Å². The smallest absolute Gasteiger partial charge is 0.122 e. The predicted octanol–water partition coefficient (Wildman–Crippen LogP) is 12.9. The Bertz CT molecular complexity index is 2220. The summed E-state index contributed by atoms with van der Waals surface area (Å²) < 4.78 is 0. The van der Waals surface area contributed by atoms with Crippen molar-refractivity contribution in [2.24, 2.45) is 10.7 Å². The number of rotatable bonds is 12. The van der Waals surface area contributed by atoms with E-state index in [1.165, 1.54) is 27.8 Å². The van der Waals surface area contributed by atoms with Crippen LogP contribution in [0.5, 0.6) is 0 Å². The van der Waals surface area contributed by atoms with Crippen LogP contribution in [0.3, 0.4) is 0 Å². The normalized spacial score (nSPS) is 14.7. The first kappa shape index (κ1) is 35.6. The second kappa shape index (κ2) is 17.6. The van der Waals surface area contributed by atoms with E-state index in [9.17, 15) is 0 Å². The lowest BCUT2D eigenvalue weighted by Gasteiger charge is -2.18. The van der Waals surface area contributed by atoms with Crippen LogP contribution < -0.4 is 5.73 Å². The van der Waals surface area contributed by atoms with Gasteiger partial charge in [-0.2, -0.15) is 0 Å². The van der Waals surface area contributed by atoms with Crippen LogP contribution in [-0.4, -0.2) is 5.84 Å². The van der Waals surface area contributed by atoms with Crippen molar-refractivity contribution >= 4 is 17.0 Å². The van der Waals surface area contributed by atoms with Crippen molar-refractivity contribution < 1.29 is 0 Å². The topological polar surface area (TPSA) is 38.4 Å². The lowest BCUT2D eigenvalue weighted by molar-refractivity contribution is 0.842. The van der Waals surface area contributed by atoms with Crippen LogP contribution in [0.2, 0.25) is 0 Å². The molecule has 0 spiro atoms. The first-order valence-electron chi connectivity index (χ1n) is 18.0. The minimum Gasteiger partial charge on any atom is -0.384 e. The fourth-order valence-electron chi connectivity index (χ4n) is 6.56. The molecule has 1 atom stereocenters. The molecule has 2 heteroatoms. The fraction of sp³-hybridized carbons (Fsp3) is 0.100. The largest absolute Gasteiger partial charge is 0.384 e. The zero-order chi connectivity index (χ0) is 36.1.